The lowest BCUT2D eigenvalue weighted by Crippen LogP contribution is -2.28. The van der Waals surface area contributed by atoms with Gasteiger partial charge in [0.2, 0.25) is 11.8 Å². The van der Waals surface area contributed by atoms with Gasteiger partial charge >= 0.3 is 5.97 Å². The van der Waals surface area contributed by atoms with Crippen LogP contribution in [0.5, 0.6) is 0 Å². The predicted molar refractivity (Wildman–Crippen MR) is 98.3 cm³/mol. The maximum absolute atomic E-state index is 13.2. The van der Waals surface area contributed by atoms with Crippen LogP contribution < -0.4 is 10.2 Å². The minimum Gasteiger partial charge on any atom is -0.465 e. The first kappa shape index (κ1) is 18.8. The maximum Gasteiger partial charge on any atom is 0.337 e. The summed E-state index contributed by atoms with van der Waals surface area (Å²) >= 11 is 5.71. The number of esters is 1. The third-order valence-corrected chi connectivity index (χ3v) is 4.55. The van der Waals surface area contributed by atoms with Crippen molar-refractivity contribution < 1.29 is 23.5 Å². The van der Waals surface area contributed by atoms with E-state index in [2.05, 4.69) is 10.1 Å². The lowest BCUT2D eigenvalue weighted by Gasteiger charge is -2.17. The number of rotatable bonds is 4. The molecule has 3 rings (SSSR count). The molecule has 0 aliphatic carbocycles. The number of hydrogen-bond donors (Lipinski definition) is 1. The number of nitrogens with one attached hydrogen (secondary N) is 1. The van der Waals surface area contributed by atoms with Crippen molar-refractivity contribution in [2.75, 3.05) is 23.9 Å². The number of methoxy groups -OCH3 is 1. The van der Waals surface area contributed by atoms with Crippen LogP contribution in [0.3, 0.4) is 0 Å². The fourth-order valence-corrected chi connectivity index (χ4v) is 3.05. The first-order chi connectivity index (χ1) is 12.9. The Balaban J connectivity index is 1.72. The Hall–Kier alpha value is -2.93. The molecule has 2 amide bonds. The third-order valence-electron chi connectivity index (χ3n) is 4.26. The average molecular weight is 391 g/mol. The highest BCUT2D eigenvalue weighted by molar-refractivity contribution is 6.31. The molecule has 0 spiro atoms. The molecule has 8 heteroatoms. The highest BCUT2D eigenvalue weighted by Gasteiger charge is 2.35. The second-order valence-corrected chi connectivity index (χ2v) is 6.47. The first-order valence-electron chi connectivity index (χ1n) is 8.13. The van der Waals surface area contributed by atoms with Crippen molar-refractivity contribution in [3.8, 4) is 0 Å². The fraction of sp³-hybridized carbons (Fsp3) is 0.211. The summed E-state index contributed by atoms with van der Waals surface area (Å²) in [6.45, 7) is 0.171. The molecule has 27 heavy (non-hydrogen) atoms. The van der Waals surface area contributed by atoms with E-state index in [0.717, 1.165) is 6.07 Å². The van der Waals surface area contributed by atoms with Gasteiger partial charge < -0.3 is 15.0 Å². The van der Waals surface area contributed by atoms with Gasteiger partial charge in [0.15, 0.2) is 0 Å². The van der Waals surface area contributed by atoms with Crippen LogP contribution in [-0.4, -0.2) is 31.4 Å². The van der Waals surface area contributed by atoms with Crippen molar-refractivity contribution in [1.29, 1.82) is 0 Å². The molecule has 1 fully saturated rings. The van der Waals surface area contributed by atoms with Gasteiger partial charge in [-0.15, -0.1) is 0 Å². The average Bonchev–Trinajstić information content (AvgIpc) is 3.06. The van der Waals surface area contributed by atoms with Gasteiger partial charge in [0, 0.05) is 24.3 Å². The van der Waals surface area contributed by atoms with Crippen molar-refractivity contribution in [3.05, 3.63) is 58.9 Å². The number of benzene rings is 2. The summed E-state index contributed by atoms with van der Waals surface area (Å²) in [7, 11) is 1.28. The Labute approximate surface area is 159 Å². The third kappa shape index (κ3) is 4.09. The quantitative estimate of drug-likeness (QED) is 0.813. The van der Waals surface area contributed by atoms with E-state index in [-0.39, 0.29) is 29.8 Å². The largest absolute Gasteiger partial charge is 0.465 e. The molecule has 6 nitrogen and oxygen atoms in total. The maximum atomic E-state index is 13.2. The van der Waals surface area contributed by atoms with E-state index in [9.17, 15) is 18.8 Å². The van der Waals surface area contributed by atoms with Crippen LogP contribution in [-0.2, 0) is 14.3 Å². The summed E-state index contributed by atoms with van der Waals surface area (Å²) in [5, 5.41) is 2.54. The number of nitrogens with zero attached hydrogens (tertiary/aromatic N) is 1. The van der Waals surface area contributed by atoms with Gasteiger partial charge in [0.05, 0.1) is 23.6 Å². The molecule has 2 aromatic rings. The molecular formula is C19H16ClFN2O4. The number of carbonyl (C=O) groups excluding carboxylic acids is 3. The van der Waals surface area contributed by atoms with Crippen LogP contribution in [0.4, 0.5) is 15.8 Å². The molecule has 1 heterocycles. The number of halogens is 2. The molecule has 0 saturated carbocycles. The number of hydrogen-bond acceptors (Lipinski definition) is 4. The van der Waals surface area contributed by atoms with E-state index in [1.54, 1.807) is 24.3 Å². The van der Waals surface area contributed by atoms with Gasteiger partial charge in [0.25, 0.3) is 0 Å². The molecule has 1 aliphatic rings. The smallest absolute Gasteiger partial charge is 0.337 e. The zero-order valence-corrected chi connectivity index (χ0v) is 15.1. The zero-order valence-electron chi connectivity index (χ0n) is 14.4. The van der Waals surface area contributed by atoms with E-state index in [0.29, 0.717) is 16.9 Å². The normalized spacial score (nSPS) is 16.3. The van der Waals surface area contributed by atoms with Gasteiger partial charge in [-0.3, -0.25) is 9.59 Å². The minimum atomic E-state index is -0.581. The molecule has 2 aromatic carbocycles. The molecule has 1 saturated heterocycles. The summed E-state index contributed by atoms with van der Waals surface area (Å²) in [6, 6.07) is 10.3. The fourth-order valence-electron chi connectivity index (χ4n) is 2.87. The molecular weight excluding hydrogens is 375 g/mol. The molecule has 0 radical (unpaired) electrons. The SMILES string of the molecule is COC(=O)c1cccc(N2CC(C(=O)Nc3ccc(F)c(Cl)c3)CC2=O)c1. The van der Waals surface area contributed by atoms with Crippen molar-refractivity contribution in [2.24, 2.45) is 5.92 Å². The number of anilines is 2. The molecule has 1 aliphatic heterocycles. The van der Waals surface area contributed by atoms with Gasteiger partial charge in [0.1, 0.15) is 5.82 Å². The Morgan fingerprint density at radius 1 is 1.26 bits per heavy atom. The summed E-state index contributed by atoms with van der Waals surface area (Å²) in [5.41, 5.74) is 1.18. The summed E-state index contributed by atoms with van der Waals surface area (Å²) in [4.78, 5) is 37.9. The van der Waals surface area contributed by atoms with Crippen LogP contribution in [0.15, 0.2) is 42.5 Å². The molecule has 1 atom stereocenters. The zero-order chi connectivity index (χ0) is 19.6. The molecule has 1 N–H and O–H groups in total. The molecule has 0 bridgehead atoms. The van der Waals surface area contributed by atoms with Crippen LogP contribution >= 0.6 is 11.6 Å². The predicted octanol–water partition coefficient (Wildman–Crippen LogP) is 3.26. The number of carbonyl (C=O) groups is 3. The van der Waals surface area contributed by atoms with Crippen molar-refractivity contribution in [2.45, 2.75) is 6.42 Å². The van der Waals surface area contributed by atoms with Gasteiger partial charge in [-0.25, -0.2) is 9.18 Å². The van der Waals surface area contributed by atoms with E-state index >= 15 is 0 Å². The Morgan fingerprint density at radius 2 is 2.04 bits per heavy atom. The Bertz CT molecular complexity index is 918. The van der Waals surface area contributed by atoms with Crippen LogP contribution in [0, 0.1) is 11.7 Å². The molecule has 0 aromatic heterocycles. The van der Waals surface area contributed by atoms with E-state index in [1.165, 1.54) is 24.1 Å². The van der Waals surface area contributed by atoms with Crippen molar-refractivity contribution in [3.63, 3.8) is 0 Å². The highest BCUT2D eigenvalue weighted by Crippen LogP contribution is 2.27. The molecule has 140 valence electrons. The van der Waals surface area contributed by atoms with Gasteiger partial charge in [-0.1, -0.05) is 17.7 Å². The second kappa shape index (κ2) is 7.75. The van der Waals surface area contributed by atoms with E-state index in [4.69, 9.17) is 11.6 Å². The van der Waals surface area contributed by atoms with E-state index in [1.807, 2.05) is 0 Å². The number of ether oxygens (including phenoxy) is 1. The second-order valence-electron chi connectivity index (χ2n) is 6.07. The summed E-state index contributed by atoms with van der Waals surface area (Å²) < 4.78 is 17.9. The first-order valence-corrected chi connectivity index (χ1v) is 8.51. The lowest BCUT2D eigenvalue weighted by atomic mass is 10.1. The topological polar surface area (TPSA) is 75.7 Å². The Kier molecular flexibility index (Phi) is 5.41. The van der Waals surface area contributed by atoms with Crippen molar-refractivity contribution >= 4 is 40.8 Å². The van der Waals surface area contributed by atoms with Crippen LogP contribution in [0.2, 0.25) is 5.02 Å². The van der Waals surface area contributed by atoms with Gasteiger partial charge in [-0.05, 0) is 36.4 Å². The minimum absolute atomic E-state index is 0.0310. The molecule has 1 unspecified atom stereocenters. The highest BCUT2D eigenvalue weighted by atomic mass is 35.5. The van der Waals surface area contributed by atoms with Gasteiger partial charge in [-0.2, -0.15) is 0 Å². The summed E-state index contributed by atoms with van der Waals surface area (Å²) in [5.74, 6) is -2.26. The lowest BCUT2D eigenvalue weighted by molar-refractivity contribution is -0.122. The van der Waals surface area contributed by atoms with Crippen LogP contribution in [0.1, 0.15) is 16.8 Å². The van der Waals surface area contributed by atoms with Crippen molar-refractivity contribution in [1.82, 2.24) is 0 Å². The Morgan fingerprint density at radius 3 is 2.74 bits per heavy atom. The van der Waals surface area contributed by atoms with Crippen LogP contribution in [0.25, 0.3) is 0 Å². The summed E-state index contributed by atoms with van der Waals surface area (Å²) in [6.07, 6.45) is 0.0310. The van der Waals surface area contributed by atoms with E-state index < -0.39 is 17.7 Å². The standard InChI is InChI=1S/C19H16ClFN2O4/c1-27-19(26)11-3-2-4-14(7-11)23-10-12(8-17(23)24)18(25)22-13-5-6-16(21)15(20)9-13/h2-7,9,12H,8,10H2,1H3,(H,22,25). The number of amides is 2. The monoisotopic (exact) mass is 390 g/mol.